The minimum absolute atomic E-state index is 0.0816. The van der Waals surface area contributed by atoms with E-state index in [1.165, 1.54) is 12.3 Å². The summed E-state index contributed by atoms with van der Waals surface area (Å²) in [4.78, 5) is 14.4. The van der Waals surface area contributed by atoms with Gasteiger partial charge in [0.15, 0.2) is 0 Å². The number of rotatable bonds is 1. The van der Waals surface area contributed by atoms with Crippen LogP contribution in [0.15, 0.2) is 18.3 Å². The zero-order valence-electron chi connectivity index (χ0n) is 5.25. The highest BCUT2D eigenvalue weighted by atomic mass is 35.5. The van der Waals surface area contributed by atoms with Crippen molar-refractivity contribution in [3.63, 3.8) is 0 Å². The van der Waals surface area contributed by atoms with E-state index in [4.69, 9.17) is 23.5 Å². The topological polar surface area (TPSA) is 39.2 Å². The molecule has 0 unspecified atom stereocenters. The Morgan fingerprint density at radius 3 is 2.91 bits per heavy atom. The Kier molecular flexibility index (Phi) is 2.68. The monoisotopic (exact) mass is 191 g/mol. The second-order valence-corrected chi connectivity index (χ2v) is 2.22. The third-order valence-corrected chi connectivity index (χ3v) is 1.49. The van der Waals surface area contributed by atoms with E-state index >= 15 is 0 Å². The number of aromatic nitrogens is 1. The normalized spacial score (nSPS) is 9.27. The van der Waals surface area contributed by atoms with Gasteiger partial charge in [0.25, 0.3) is 0 Å². The van der Waals surface area contributed by atoms with Crippen LogP contribution in [0.2, 0.25) is 5.15 Å². The van der Waals surface area contributed by atoms with E-state index in [1.807, 2.05) is 0 Å². The molecule has 0 aromatic carbocycles. The molecule has 0 spiro atoms. The van der Waals surface area contributed by atoms with Gasteiger partial charge in [0.1, 0.15) is 17.0 Å². The molecule has 3 nitrogen and oxygen atoms in total. The third kappa shape index (κ3) is 1.82. The second kappa shape index (κ2) is 3.55. The van der Waals surface area contributed by atoms with Crippen LogP contribution in [-0.4, -0.2) is 11.0 Å². The molecule has 0 saturated carbocycles. The number of hydrogen-bond donors (Lipinski definition) is 0. The first kappa shape index (κ1) is 8.30. The molecule has 0 N–H and O–H groups in total. The number of nitrogens with zero attached hydrogens (tertiary/aromatic N) is 1. The predicted octanol–water partition coefficient (Wildman–Crippen LogP) is 2.05. The molecular weight excluding hydrogens is 189 g/mol. The average Bonchev–Trinajstić information content (AvgIpc) is 2.04. The zero-order valence-corrected chi connectivity index (χ0v) is 6.76. The Bertz CT molecular complexity index is 277. The van der Waals surface area contributed by atoms with Gasteiger partial charge in [-0.2, -0.15) is 0 Å². The molecule has 58 valence electrons. The summed E-state index contributed by atoms with van der Waals surface area (Å²) in [6, 6.07) is 3.04. The van der Waals surface area contributed by atoms with Gasteiger partial charge in [0.05, 0.1) is 5.56 Å². The molecule has 1 heterocycles. The van der Waals surface area contributed by atoms with E-state index < -0.39 is 5.97 Å². The van der Waals surface area contributed by atoms with Gasteiger partial charge in [0.2, 0.25) is 0 Å². The van der Waals surface area contributed by atoms with Gasteiger partial charge < -0.3 is 4.29 Å². The van der Waals surface area contributed by atoms with Crippen molar-refractivity contribution in [2.24, 2.45) is 0 Å². The molecule has 0 bridgehead atoms. The summed E-state index contributed by atoms with van der Waals surface area (Å²) in [5, 5.41) is 0.0816. The van der Waals surface area contributed by atoms with Crippen LogP contribution in [0.5, 0.6) is 0 Å². The molecule has 1 aromatic rings. The van der Waals surface area contributed by atoms with Crippen LogP contribution in [0, 0.1) is 0 Å². The lowest BCUT2D eigenvalue weighted by molar-refractivity contribution is 0.0751. The summed E-state index contributed by atoms with van der Waals surface area (Å²) in [7, 11) is 0. The lowest BCUT2D eigenvalue weighted by Crippen LogP contribution is -1.99. The Morgan fingerprint density at radius 1 is 1.64 bits per heavy atom. The summed E-state index contributed by atoms with van der Waals surface area (Å²) in [5.74, 6) is -0.704. The van der Waals surface area contributed by atoms with Gasteiger partial charge in [-0.25, -0.2) is 9.78 Å². The fourth-order valence-corrected chi connectivity index (χ4v) is 0.859. The van der Waals surface area contributed by atoms with Crippen LogP contribution in [0.4, 0.5) is 0 Å². The zero-order chi connectivity index (χ0) is 8.27. The molecule has 0 amide bonds. The number of hydrogen-bond acceptors (Lipinski definition) is 3. The highest BCUT2D eigenvalue weighted by Gasteiger charge is 2.10. The summed E-state index contributed by atoms with van der Waals surface area (Å²) < 4.78 is 3.93. The maximum atomic E-state index is 10.8. The minimum atomic E-state index is -0.704. The molecule has 0 radical (unpaired) electrons. The minimum Gasteiger partial charge on any atom is -0.343 e. The van der Waals surface area contributed by atoms with Crippen molar-refractivity contribution in [2.75, 3.05) is 0 Å². The molecule has 0 aliphatic heterocycles. The highest BCUT2D eigenvalue weighted by molar-refractivity contribution is 6.33. The smallest absolute Gasteiger partial charge is 0.343 e. The fourth-order valence-electron chi connectivity index (χ4n) is 0.580. The maximum Gasteiger partial charge on any atom is 0.359 e. The van der Waals surface area contributed by atoms with E-state index in [2.05, 4.69) is 9.27 Å². The molecule has 11 heavy (non-hydrogen) atoms. The average molecular weight is 192 g/mol. The summed E-state index contributed by atoms with van der Waals surface area (Å²) in [6.07, 6.45) is 1.47. The van der Waals surface area contributed by atoms with E-state index in [0.717, 1.165) is 0 Å². The first-order chi connectivity index (χ1) is 5.25. The standard InChI is InChI=1S/C6H3Cl2NO2/c7-5-4(6(10)11-8)2-1-3-9-5/h1-3H. The first-order valence-electron chi connectivity index (χ1n) is 2.69. The van der Waals surface area contributed by atoms with Crippen molar-refractivity contribution < 1.29 is 9.08 Å². The fraction of sp³-hybridized carbons (Fsp3) is 0. The quantitative estimate of drug-likeness (QED) is 0.639. The Balaban J connectivity index is 3.03. The Labute approximate surface area is 73.1 Å². The van der Waals surface area contributed by atoms with E-state index in [9.17, 15) is 4.79 Å². The van der Waals surface area contributed by atoms with Gasteiger partial charge in [-0.1, -0.05) is 11.6 Å². The first-order valence-corrected chi connectivity index (χ1v) is 3.38. The van der Waals surface area contributed by atoms with Crippen LogP contribution in [0.1, 0.15) is 10.4 Å². The van der Waals surface area contributed by atoms with Crippen molar-refractivity contribution in [1.82, 2.24) is 4.98 Å². The number of carbonyl (C=O) groups is 1. The number of pyridine rings is 1. The van der Waals surface area contributed by atoms with E-state index in [-0.39, 0.29) is 10.7 Å². The van der Waals surface area contributed by atoms with Gasteiger partial charge in [-0.15, -0.1) is 0 Å². The SMILES string of the molecule is O=C(OCl)c1cccnc1Cl. The van der Waals surface area contributed by atoms with Crippen LogP contribution in [0.25, 0.3) is 0 Å². The number of carbonyl (C=O) groups excluding carboxylic acids is 1. The van der Waals surface area contributed by atoms with Crippen LogP contribution < -0.4 is 0 Å². The largest absolute Gasteiger partial charge is 0.359 e. The van der Waals surface area contributed by atoms with Crippen LogP contribution in [-0.2, 0) is 4.29 Å². The van der Waals surface area contributed by atoms with Crippen LogP contribution >= 0.6 is 23.5 Å². The lowest BCUT2D eigenvalue weighted by atomic mass is 10.3. The summed E-state index contributed by atoms with van der Waals surface area (Å²) >= 11 is 10.3. The molecule has 0 aliphatic carbocycles. The van der Waals surface area contributed by atoms with Gasteiger partial charge in [0, 0.05) is 6.20 Å². The molecule has 1 rings (SSSR count). The van der Waals surface area contributed by atoms with Crippen molar-refractivity contribution >= 4 is 29.4 Å². The molecule has 5 heteroatoms. The van der Waals surface area contributed by atoms with Gasteiger partial charge >= 0.3 is 5.97 Å². The van der Waals surface area contributed by atoms with Gasteiger partial charge in [-0.05, 0) is 12.1 Å². The van der Waals surface area contributed by atoms with Crippen molar-refractivity contribution in [3.8, 4) is 0 Å². The molecular formula is C6H3Cl2NO2. The Morgan fingerprint density at radius 2 is 2.36 bits per heavy atom. The molecule has 0 atom stereocenters. The molecule has 0 saturated heterocycles. The molecule has 0 aliphatic rings. The lowest BCUT2D eigenvalue weighted by Gasteiger charge is -1.96. The summed E-state index contributed by atoms with van der Waals surface area (Å²) in [5.41, 5.74) is 0.157. The molecule has 0 fully saturated rings. The molecule has 1 aromatic heterocycles. The van der Waals surface area contributed by atoms with Gasteiger partial charge in [-0.3, -0.25) is 0 Å². The predicted molar refractivity (Wildman–Crippen MR) is 40.5 cm³/mol. The van der Waals surface area contributed by atoms with Crippen molar-refractivity contribution in [2.45, 2.75) is 0 Å². The van der Waals surface area contributed by atoms with Crippen molar-refractivity contribution in [1.29, 1.82) is 0 Å². The van der Waals surface area contributed by atoms with Crippen molar-refractivity contribution in [3.05, 3.63) is 29.0 Å². The number of halogens is 2. The third-order valence-electron chi connectivity index (χ3n) is 1.05. The maximum absolute atomic E-state index is 10.8. The Hall–Kier alpha value is -0.800. The van der Waals surface area contributed by atoms with Crippen LogP contribution in [0.3, 0.4) is 0 Å². The summed E-state index contributed by atoms with van der Waals surface area (Å²) in [6.45, 7) is 0. The highest BCUT2D eigenvalue weighted by Crippen LogP contribution is 2.12. The van der Waals surface area contributed by atoms with E-state index in [1.54, 1.807) is 6.07 Å². The van der Waals surface area contributed by atoms with E-state index in [0.29, 0.717) is 0 Å². The second-order valence-electron chi connectivity index (χ2n) is 1.71.